The molecule has 1 rings (SSSR count). The number of urea groups is 1. The molecule has 1 saturated heterocycles. The molecule has 0 aliphatic carbocycles. The number of nitrogens with one attached hydrogen (secondary N) is 1. The molecule has 3 heteroatoms. The molecular formula is C26H52N2O. The molecule has 1 aliphatic rings. The van der Waals surface area contributed by atoms with Crippen molar-refractivity contribution in [1.29, 1.82) is 0 Å². The van der Waals surface area contributed by atoms with Gasteiger partial charge >= 0.3 is 6.03 Å². The van der Waals surface area contributed by atoms with Gasteiger partial charge in [0, 0.05) is 11.6 Å². The molecule has 0 aromatic carbocycles. The molecule has 0 aromatic heterocycles. The number of hydrogen-bond donors (Lipinski definition) is 1. The fraction of sp³-hybridized carbons (Fsp3) is 0.962. The van der Waals surface area contributed by atoms with Crippen LogP contribution in [-0.2, 0) is 0 Å². The number of hydrogen-bond acceptors (Lipinski definition) is 1. The van der Waals surface area contributed by atoms with Crippen LogP contribution < -0.4 is 5.32 Å². The van der Waals surface area contributed by atoms with Crippen molar-refractivity contribution in [3.8, 4) is 0 Å². The smallest absolute Gasteiger partial charge is 0.318 e. The Balaban J connectivity index is 4.09. The van der Waals surface area contributed by atoms with E-state index < -0.39 is 0 Å². The second kappa shape index (κ2) is 8.08. The van der Waals surface area contributed by atoms with Crippen LogP contribution in [0, 0.1) is 40.4 Å². The number of amides is 2. The highest BCUT2D eigenvalue weighted by molar-refractivity contribution is 5.77. The molecule has 2 amide bonds. The van der Waals surface area contributed by atoms with Crippen molar-refractivity contribution in [2.24, 2.45) is 40.4 Å². The Morgan fingerprint density at radius 1 is 0.862 bits per heavy atom. The first-order valence-corrected chi connectivity index (χ1v) is 11.9. The van der Waals surface area contributed by atoms with Crippen LogP contribution in [0.25, 0.3) is 0 Å². The van der Waals surface area contributed by atoms with Gasteiger partial charge < -0.3 is 10.2 Å². The van der Waals surface area contributed by atoms with E-state index in [0.717, 1.165) is 0 Å². The first-order valence-electron chi connectivity index (χ1n) is 11.9. The monoisotopic (exact) mass is 408 g/mol. The largest absolute Gasteiger partial charge is 0.334 e. The van der Waals surface area contributed by atoms with E-state index in [4.69, 9.17) is 0 Å². The molecule has 0 spiro atoms. The lowest BCUT2D eigenvalue weighted by Crippen LogP contribution is -2.71. The lowest BCUT2D eigenvalue weighted by Gasteiger charge is -2.63. The van der Waals surface area contributed by atoms with Crippen molar-refractivity contribution in [2.45, 2.75) is 121 Å². The zero-order valence-corrected chi connectivity index (χ0v) is 22.3. The second-order valence-corrected chi connectivity index (χ2v) is 12.9. The quantitative estimate of drug-likeness (QED) is 0.512. The Hall–Kier alpha value is -0.730. The van der Waals surface area contributed by atoms with E-state index >= 15 is 0 Å². The van der Waals surface area contributed by atoms with Crippen molar-refractivity contribution >= 4 is 6.03 Å². The third-order valence-electron chi connectivity index (χ3n) is 9.05. The SMILES string of the molecule is CC(C)C1C(C(C)(C)C)NC(=O)N(C(C)(C)C(C)C)C(C)(C(C)C)C1(C)C(C)C. The Labute approximate surface area is 182 Å². The maximum absolute atomic E-state index is 14.0. The number of nitrogens with zero attached hydrogens (tertiary/aromatic N) is 1. The molecule has 0 bridgehead atoms. The second-order valence-electron chi connectivity index (χ2n) is 12.9. The van der Waals surface area contributed by atoms with E-state index in [1.165, 1.54) is 0 Å². The van der Waals surface area contributed by atoms with Gasteiger partial charge in [0.1, 0.15) is 0 Å². The van der Waals surface area contributed by atoms with Crippen LogP contribution in [0.2, 0.25) is 0 Å². The highest BCUT2D eigenvalue weighted by Gasteiger charge is 2.64. The average Bonchev–Trinajstić information content (AvgIpc) is 2.59. The predicted octanol–water partition coefficient (Wildman–Crippen LogP) is 7.21. The average molecular weight is 409 g/mol. The zero-order chi connectivity index (χ0) is 23.3. The minimum Gasteiger partial charge on any atom is -0.334 e. The number of rotatable bonds is 5. The molecule has 4 atom stereocenters. The lowest BCUT2D eigenvalue weighted by molar-refractivity contribution is -0.132. The Morgan fingerprint density at radius 2 is 1.31 bits per heavy atom. The van der Waals surface area contributed by atoms with Crippen LogP contribution in [0.15, 0.2) is 0 Å². The van der Waals surface area contributed by atoms with Gasteiger partial charge in [0.2, 0.25) is 0 Å². The summed E-state index contributed by atoms with van der Waals surface area (Å²) >= 11 is 0. The number of carbonyl (C=O) groups is 1. The molecule has 172 valence electrons. The fourth-order valence-electron chi connectivity index (χ4n) is 6.22. The summed E-state index contributed by atoms with van der Waals surface area (Å²) in [6, 6.07) is 0.225. The van der Waals surface area contributed by atoms with Gasteiger partial charge in [-0.1, -0.05) is 83.1 Å². The van der Waals surface area contributed by atoms with E-state index in [0.29, 0.717) is 29.6 Å². The normalized spacial score (nSPS) is 32.4. The molecule has 1 fully saturated rings. The van der Waals surface area contributed by atoms with Gasteiger partial charge in [-0.15, -0.1) is 0 Å². The molecule has 0 aromatic rings. The van der Waals surface area contributed by atoms with Crippen LogP contribution in [0.1, 0.15) is 104 Å². The van der Waals surface area contributed by atoms with E-state index in [9.17, 15) is 4.79 Å². The Kier molecular flexibility index (Phi) is 7.33. The van der Waals surface area contributed by atoms with Crippen molar-refractivity contribution in [2.75, 3.05) is 0 Å². The van der Waals surface area contributed by atoms with Crippen LogP contribution in [0.5, 0.6) is 0 Å². The predicted molar refractivity (Wildman–Crippen MR) is 127 cm³/mol. The standard InChI is InChI=1S/C26H52N2O/c1-16(2)20-21(23(9,10)11)27-22(29)28(24(12,13)17(3)4)26(15,19(7)8)25(20,14)18(5)6/h16-21H,1-15H3,(H,27,29). The fourth-order valence-corrected chi connectivity index (χ4v) is 6.22. The zero-order valence-electron chi connectivity index (χ0n) is 22.3. The summed E-state index contributed by atoms with van der Waals surface area (Å²) in [6.07, 6.45) is 0. The van der Waals surface area contributed by atoms with Crippen LogP contribution in [0.3, 0.4) is 0 Å². The first-order chi connectivity index (χ1) is 12.8. The van der Waals surface area contributed by atoms with Crippen molar-refractivity contribution in [3.63, 3.8) is 0 Å². The molecule has 29 heavy (non-hydrogen) atoms. The van der Waals surface area contributed by atoms with Gasteiger partial charge in [-0.05, 0) is 61.2 Å². The summed E-state index contributed by atoms with van der Waals surface area (Å²) in [7, 11) is 0. The van der Waals surface area contributed by atoms with Gasteiger partial charge in [-0.25, -0.2) is 4.79 Å². The third-order valence-corrected chi connectivity index (χ3v) is 9.05. The van der Waals surface area contributed by atoms with Gasteiger partial charge in [0.05, 0.1) is 5.54 Å². The maximum Gasteiger partial charge on any atom is 0.318 e. The summed E-state index contributed by atoms with van der Waals surface area (Å²) in [5.41, 5.74) is -0.614. The highest BCUT2D eigenvalue weighted by atomic mass is 16.2. The molecule has 0 radical (unpaired) electrons. The van der Waals surface area contributed by atoms with Gasteiger partial charge in [0.25, 0.3) is 0 Å². The first kappa shape index (κ1) is 26.3. The van der Waals surface area contributed by atoms with Gasteiger partial charge in [-0.3, -0.25) is 0 Å². The summed E-state index contributed by atoms with van der Waals surface area (Å²) in [5.74, 6) is 1.95. The summed E-state index contributed by atoms with van der Waals surface area (Å²) < 4.78 is 0. The molecule has 1 heterocycles. The van der Waals surface area contributed by atoms with Gasteiger partial charge in [-0.2, -0.15) is 0 Å². The summed E-state index contributed by atoms with van der Waals surface area (Å²) in [4.78, 5) is 16.3. The Bertz CT molecular complexity index is 584. The van der Waals surface area contributed by atoms with Crippen molar-refractivity contribution in [3.05, 3.63) is 0 Å². The van der Waals surface area contributed by atoms with E-state index in [-0.39, 0.29) is 34.0 Å². The van der Waals surface area contributed by atoms with E-state index in [1.807, 2.05) is 0 Å². The third kappa shape index (κ3) is 3.97. The molecule has 1 aliphatic heterocycles. The minimum absolute atomic E-state index is 0.0172. The van der Waals surface area contributed by atoms with Crippen molar-refractivity contribution in [1.82, 2.24) is 10.2 Å². The van der Waals surface area contributed by atoms with Gasteiger partial charge in [0.15, 0.2) is 0 Å². The van der Waals surface area contributed by atoms with Crippen LogP contribution >= 0.6 is 0 Å². The topological polar surface area (TPSA) is 32.3 Å². The molecule has 4 unspecified atom stereocenters. The van der Waals surface area contributed by atoms with Crippen LogP contribution in [0.4, 0.5) is 4.79 Å². The van der Waals surface area contributed by atoms with E-state index in [1.54, 1.807) is 0 Å². The lowest BCUT2D eigenvalue weighted by atomic mass is 9.49. The maximum atomic E-state index is 14.0. The Morgan fingerprint density at radius 3 is 1.59 bits per heavy atom. The van der Waals surface area contributed by atoms with Crippen LogP contribution in [-0.4, -0.2) is 28.1 Å². The molecule has 1 N–H and O–H groups in total. The van der Waals surface area contributed by atoms with Crippen molar-refractivity contribution < 1.29 is 4.79 Å². The molecule has 0 saturated carbocycles. The van der Waals surface area contributed by atoms with E-state index in [2.05, 4.69) is 114 Å². The highest BCUT2D eigenvalue weighted by Crippen LogP contribution is 2.59. The summed E-state index contributed by atoms with van der Waals surface area (Å²) in [6.45, 7) is 34.7. The summed E-state index contributed by atoms with van der Waals surface area (Å²) in [5, 5.41) is 3.57. The number of carbonyl (C=O) groups excluding carboxylic acids is 1. The molecule has 3 nitrogen and oxygen atoms in total. The molecular weight excluding hydrogens is 356 g/mol. The minimum atomic E-state index is -0.284.